The van der Waals surface area contributed by atoms with Crippen molar-refractivity contribution in [1.82, 2.24) is 10.3 Å². The van der Waals surface area contributed by atoms with Crippen LogP contribution in [0.15, 0.2) is 16.7 Å². The van der Waals surface area contributed by atoms with Gasteiger partial charge in [-0.05, 0) is 42.4 Å². The van der Waals surface area contributed by atoms with E-state index in [2.05, 4.69) is 58.1 Å². The highest BCUT2D eigenvalue weighted by atomic mass is 79.9. The first-order valence-electron chi connectivity index (χ1n) is 5.62. The molecule has 16 heavy (non-hydrogen) atoms. The summed E-state index contributed by atoms with van der Waals surface area (Å²) in [5.74, 6) is 1.06. The Morgan fingerprint density at radius 3 is 2.81 bits per heavy atom. The molecule has 0 saturated heterocycles. The lowest BCUT2D eigenvalue weighted by Gasteiger charge is -2.27. The van der Waals surface area contributed by atoms with Gasteiger partial charge < -0.3 is 10.2 Å². The molecule has 0 radical (unpaired) electrons. The topological polar surface area (TPSA) is 28.2 Å². The molecule has 0 aliphatic heterocycles. The zero-order chi connectivity index (χ0) is 12.1. The van der Waals surface area contributed by atoms with Crippen molar-refractivity contribution in [2.45, 2.75) is 32.9 Å². The van der Waals surface area contributed by atoms with E-state index >= 15 is 0 Å². The van der Waals surface area contributed by atoms with Crippen LogP contribution in [0, 0.1) is 0 Å². The number of nitrogens with one attached hydrogen (secondary N) is 1. The van der Waals surface area contributed by atoms with Gasteiger partial charge in [-0.3, -0.25) is 0 Å². The third-order valence-electron chi connectivity index (χ3n) is 2.86. The number of rotatable bonds is 5. The quantitative estimate of drug-likeness (QED) is 0.902. The Bertz CT molecular complexity index is 341. The molecular weight excluding hydrogens is 266 g/mol. The standard InChI is InChI=1S/C12H20BrN3/c1-5-9(2)16(4)12-10(7-14-3)6-11(13)8-15-12/h6,8-9,14H,5,7H2,1-4H3. The molecule has 0 amide bonds. The number of pyridine rings is 1. The van der Waals surface area contributed by atoms with Gasteiger partial charge in [-0.1, -0.05) is 6.92 Å². The Morgan fingerprint density at radius 1 is 1.56 bits per heavy atom. The molecule has 3 nitrogen and oxygen atoms in total. The molecule has 1 aromatic heterocycles. The first kappa shape index (κ1) is 13.5. The molecule has 0 aliphatic rings. The lowest BCUT2D eigenvalue weighted by Crippen LogP contribution is -2.30. The fraction of sp³-hybridized carbons (Fsp3) is 0.583. The molecule has 90 valence electrons. The van der Waals surface area contributed by atoms with Crippen molar-refractivity contribution in [3.05, 3.63) is 22.3 Å². The Labute approximate surface area is 106 Å². The van der Waals surface area contributed by atoms with Crippen molar-refractivity contribution < 1.29 is 0 Å². The van der Waals surface area contributed by atoms with Crippen LogP contribution in [0.4, 0.5) is 5.82 Å². The predicted octanol–water partition coefficient (Wildman–Crippen LogP) is 2.80. The summed E-state index contributed by atoms with van der Waals surface area (Å²) in [6.07, 6.45) is 2.97. The largest absolute Gasteiger partial charge is 0.357 e. The lowest BCUT2D eigenvalue weighted by atomic mass is 10.2. The molecule has 0 saturated carbocycles. The van der Waals surface area contributed by atoms with Crippen LogP contribution in [0.1, 0.15) is 25.8 Å². The molecule has 1 N–H and O–H groups in total. The van der Waals surface area contributed by atoms with E-state index < -0.39 is 0 Å². The van der Waals surface area contributed by atoms with Gasteiger partial charge in [0.2, 0.25) is 0 Å². The number of anilines is 1. The molecule has 1 aromatic rings. The highest BCUT2D eigenvalue weighted by Gasteiger charge is 2.13. The maximum atomic E-state index is 4.50. The third-order valence-corrected chi connectivity index (χ3v) is 3.30. The second-order valence-electron chi connectivity index (χ2n) is 4.03. The van der Waals surface area contributed by atoms with Crippen molar-refractivity contribution in [3.8, 4) is 0 Å². The van der Waals surface area contributed by atoms with Gasteiger partial charge in [-0.2, -0.15) is 0 Å². The van der Waals surface area contributed by atoms with E-state index in [-0.39, 0.29) is 0 Å². The molecule has 1 heterocycles. The molecule has 0 aliphatic carbocycles. The number of nitrogens with zero attached hydrogens (tertiary/aromatic N) is 2. The number of hydrogen-bond donors (Lipinski definition) is 1. The van der Waals surface area contributed by atoms with Crippen LogP contribution in [0.25, 0.3) is 0 Å². The minimum atomic E-state index is 0.504. The molecule has 1 rings (SSSR count). The van der Waals surface area contributed by atoms with Gasteiger partial charge in [0.15, 0.2) is 0 Å². The van der Waals surface area contributed by atoms with E-state index in [1.54, 1.807) is 0 Å². The highest BCUT2D eigenvalue weighted by molar-refractivity contribution is 9.10. The number of aromatic nitrogens is 1. The summed E-state index contributed by atoms with van der Waals surface area (Å²) in [5, 5.41) is 3.18. The summed E-state index contributed by atoms with van der Waals surface area (Å²) < 4.78 is 1.03. The first-order valence-corrected chi connectivity index (χ1v) is 6.41. The summed E-state index contributed by atoms with van der Waals surface area (Å²) in [6.45, 7) is 5.24. The van der Waals surface area contributed by atoms with Gasteiger partial charge in [0.1, 0.15) is 5.82 Å². The molecule has 0 spiro atoms. The summed E-state index contributed by atoms with van der Waals surface area (Å²) in [6, 6.07) is 2.63. The molecule has 0 aromatic carbocycles. The number of halogens is 1. The van der Waals surface area contributed by atoms with Gasteiger partial charge in [0.05, 0.1) is 0 Å². The third kappa shape index (κ3) is 3.19. The van der Waals surface area contributed by atoms with Crippen LogP contribution in [-0.4, -0.2) is 25.1 Å². The molecule has 4 heteroatoms. The van der Waals surface area contributed by atoms with Gasteiger partial charge in [-0.25, -0.2) is 4.98 Å². The SMILES string of the molecule is CCC(C)N(C)c1ncc(Br)cc1CNC. The normalized spacial score (nSPS) is 12.6. The van der Waals surface area contributed by atoms with Crippen LogP contribution in [0.2, 0.25) is 0 Å². The Hall–Kier alpha value is -0.610. The average molecular weight is 286 g/mol. The predicted molar refractivity (Wildman–Crippen MR) is 72.9 cm³/mol. The summed E-state index contributed by atoms with van der Waals surface area (Å²) in [4.78, 5) is 6.74. The molecule has 0 bridgehead atoms. The Kier molecular flexibility index (Phi) is 5.22. The van der Waals surface area contributed by atoms with Crippen molar-refractivity contribution in [2.24, 2.45) is 0 Å². The van der Waals surface area contributed by atoms with Gasteiger partial charge >= 0.3 is 0 Å². The molecular formula is C12H20BrN3. The van der Waals surface area contributed by atoms with Crippen LogP contribution >= 0.6 is 15.9 Å². The second-order valence-corrected chi connectivity index (χ2v) is 4.95. The van der Waals surface area contributed by atoms with E-state index in [1.807, 2.05) is 13.2 Å². The summed E-state index contributed by atoms with van der Waals surface area (Å²) in [7, 11) is 4.05. The number of hydrogen-bond acceptors (Lipinski definition) is 3. The van der Waals surface area contributed by atoms with E-state index in [1.165, 1.54) is 5.56 Å². The van der Waals surface area contributed by atoms with Gasteiger partial charge in [-0.15, -0.1) is 0 Å². The van der Waals surface area contributed by atoms with Crippen LogP contribution in [0.5, 0.6) is 0 Å². The monoisotopic (exact) mass is 285 g/mol. The fourth-order valence-corrected chi connectivity index (χ4v) is 1.97. The highest BCUT2D eigenvalue weighted by Crippen LogP contribution is 2.22. The molecule has 1 unspecified atom stereocenters. The lowest BCUT2D eigenvalue weighted by molar-refractivity contribution is 0.650. The zero-order valence-corrected chi connectivity index (χ0v) is 12.0. The van der Waals surface area contributed by atoms with Crippen LogP contribution in [-0.2, 0) is 6.54 Å². The van der Waals surface area contributed by atoms with Gasteiger partial charge in [0, 0.05) is 35.9 Å². The minimum absolute atomic E-state index is 0.504. The minimum Gasteiger partial charge on any atom is -0.357 e. The van der Waals surface area contributed by atoms with Crippen LogP contribution in [0.3, 0.4) is 0 Å². The van der Waals surface area contributed by atoms with E-state index in [9.17, 15) is 0 Å². The Balaban J connectivity index is 3.01. The summed E-state index contributed by atoms with van der Waals surface area (Å²) in [5.41, 5.74) is 1.22. The van der Waals surface area contributed by atoms with Crippen LogP contribution < -0.4 is 10.2 Å². The second kappa shape index (κ2) is 6.21. The fourth-order valence-electron chi connectivity index (χ4n) is 1.59. The van der Waals surface area contributed by atoms with Crippen molar-refractivity contribution in [1.29, 1.82) is 0 Å². The average Bonchev–Trinajstić information content (AvgIpc) is 2.28. The maximum Gasteiger partial charge on any atom is 0.133 e. The van der Waals surface area contributed by atoms with E-state index in [4.69, 9.17) is 0 Å². The van der Waals surface area contributed by atoms with E-state index in [0.717, 1.165) is 23.3 Å². The Morgan fingerprint density at radius 2 is 2.25 bits per heavy atom. The maximum absolute atomic E-state index is 4.50. The molecule has 1 atom stereocenters. The summed E-state index contributed by atoms with van der Waals surface area (Å²) >= 11 is 3.46. The smallest absolute Gasteiger partial charge is 0.133 e. The first-order chi connectivity index (χ1) is 7.60. The van der Waals surface area contributed by atoms with Gasteiger partial charge in [0.25, 0.3) is 0 Å². The molecule has 0 fully saturated rings. The van der Waals surface area contributed by atoms with Crippen molar-refractivity contribution in [3.63, 3.8) is 0 Å². The van der Waals surface area contributed by atoms with Crippen molar-refractivity contribution in [2.75, 3.05) is 19.0 Å². The zero-order valence-electron chi connectivity index (χ0n) is 10.4. The van der Waals surface area contributed by atoms with Crippen molar-refractivity contribution >= 4 is 21.7 Å². The van der Waals surface area contributed by atoms with E-state index in [0.29, 0.717) is 6.04 Å².